The first-order chi connectivity index (χ1) is 20.0. The summed E-state index contributed by atoms with van der Waals surface area (Å²) in [5, 5.41) is 54.1. The molecular weight excluding hydrogens is 583 g/mol. The largest absolute Gasteiger partial charge is 1.00 e. The molecule has 0 radical (unpaired) electrons. The maximum absolute atomic E-state index is 12.3. The third-order valence-corrected chi connectivity index (χ3v) is 8.56. The molecule has 4 aliphatic rings. The molecule has 12 heteroatoms. The number of benzene rings is 2. The summed E-state index contributed by atoms with van der Waals surface area (Å²) in [6.45, 7) is 7.05. The Labute approximate surface area is 284 Å². The third kappa shape index (κ3) is 6.38. The summed E-state index contributed by atoms with van der Waals surface area (Å²) in [6, 6.07) is 15.4. The Kier molecular flexibility index (Phi) is 11.2. The second-order valence-corrected chi connectivity index (χ2v) is 11.3. The maximum atomic E-state index is 12.3. The number of nitrogens with zero attached hydrogens (tertiary/aromatic N) is 4. The van der Waals surface area contributed by atoms with Gasteiger partial charge in [0, 0.05) is 11.1 Å². The Bertz CT molecular complexity index is 1760. The van der Waals surface area contributed by atoms with Crippen molar-refractivity contribution < 1.29 is 54.8 Å². The molecule has 2 atom stereocenters. The van der Waals surface area contributed by atoms with E-state index >= 15 is 0 Å². The van der Waals surface area contributed by atoms with Gasteiger partial charge in [0.25, 0.3) is 11.8 Å². The molecule has 2 unspecified atom stereocenters. The molecule has 2 fully saturated rings. The Morgan fingerprint density at radius 3 is 1.60 bits per heavy atom. The quantitative estimate of drug-likeness (QED) is 0.287. The number of nitrogens with one attached hydrogen (secondary N) is 2. The first kappa shape index (κ1) is 36.8. The molecule has 0 saturated heterocycles. The van der Waals surface area contributed by atoms with Crippen molar-refractivity contribution in [2.45, 2.75) is 58.0 Å². The molecule has 0 aromatic heterocycles. The molecule has 5 N–H and O–H groups in total. The minimum Gasteiger partial charge on any atom is -0.870 e. The molecule has 0 spiro atoms. The van der Waals surface area contributed by atoms with Crippen LogP contribution in [0.1, 0.15) is 74.8 Å². The van der Waals surface area contributed by atoms with Gasteiger partial charge in [0.15, 0.2) is 0 Å². The van der Waals surface area contributed by atoms with E-state index in [1.54, 1.807) is 31.2 Å². The van der Waals surface area contributed by atoms with Gasteiger partial charge in [0.1, 0.15) is 11.5 Å². The van der Waals surface area contributed by atoms with E-state index in [4.69, 9.17) is 5.26 Å². The van der Waals surface area contributed by atoms with E-state index in [0.717, 1.165) is 25.7 Å². The summed E-state index contributed by atoms with van der Waals surface area (Å²) in [4.78, 5) is 28.3. The second-order valence-electron chi connectivity index (χ2n) is 11.3. The van der Waals surface area contributed by atoms with Crippen LogP contribution >= 0.6 is 0 Å². The first-order valence-corrected chi connectivity index (χ1v) is 13.5. The van der Waals surface area contributed by atoms with Gasteiger partial charge in [0.2, 0.25) is 0 Å². The molecule has 2 amide bonds. The van der Waals surface area contributed by atoms with Gasteiger partial charge >= 0.3 is 29.6 Å². The summed E-state index contributed by atoms with van der Waals surface area (Å²) in [5.74, 6) is -0.177. The predicted molar refractivity (Wildman–Crippen MR) is 163 cm³/mol. The Hall–Kier alpha value is -4.44. The van der Waals surface area contributed by atoms with E-state index in [1.807, 2.05) is 25.1 Å². The van der Waals surface area contributed by atoms with E-state index in [-0.39, 0.29) is 94.3 Å². The van der Waals surface area contributed by atoms with Crippen LogP contribution in [0, 0.1) is 45.8 Å². The van der Waals surface area contributed by atoms with Crippen molar-refractivity contribution in [1.82, 2.24) is 10.6 Å². The number of amides is 2. The second kappa shape index (κ2) is 13.7. The molecular formula is C33H33N6NaO5. The fraction of sp³-hybridized carbons (Fsp3) is 0.333. The van der Waals surface area contributed by atoms with Gasteiger partial charge in [-0.25, -0.2) is 0 Å². The van der Waals surface area contributed by atoms with Crippen LogP contribution in [0.4, 0.5) is 5.69 Å². The normalized spacial score (nSPS) is 22.9. The van der Waals surface area contributed by atoms with Crippen LogP contribution in [0.25, 0.3) is 11.1 Å². The third-order valence-electron chi connectivity index (χ3n) is 8.56. The van der Waals surface area contributed by atoms with Gasteiger partial charge in [-0.2, -0.15) is 15.8 Å². The summed E-state index contributed by atoms with van der Waals surface area (Å²) in [7, 11) is 0. The van der Waals surface area contributed by atoms with Crippen LogP contribution in [0.2, 0.25) is 0 Å². The van der Waals surface area contributed by atoms with Gasteiger partial charge < -0.3 is 26.3 Å². The van der Waals surface area contributed by atoms with Crippen molar-refractivity contribution >= 4 is 35.4 Å². The maximum Gasteiger partial charge on any atom is 1.00 e. The molecule has 45 heavy (non-hydrogen) atoms. The number of rotatable bonds is 5. The Balaban J connectivity index is 0.000000294. The van der Waals surface area contributed by atoms with Crippen molar-refractivity contribution in [3.05, 3.63) is 75.7 Å². The minimum atomic E-state index is -0.743. The van der Waals surface area contributed by atoms with Crippen LogP contribution in [0.5, 0.6) is 0 Å². The number of carbonyl (C=O) groups is 2. The molecule has 6 rings (SSSR count). The summed E-state index contributed by atoms with van der Waals surface area (Å²) in [6.07, 6.45) is 3.90. The molecule has 2 aromatic carbocycles. The Morgan fingerprint density at radius 2 is 1.22 bits per heavy atom. The molecule has 226 valence electrons. The van der Waals surface area contributed by atoms with E-state index < -0.39 is 11.1 Å². The van der Waals surface area contributed by atoms with Crippen molar-refractivity contribution in [2.75, 3.05) is 0 Å². The number of hydrogen-bond donors (Lipinski definition) is 4. The van der Waals surface area contributed by atoms with Gasteiger partial charge in [-0.05, 0) is 82.3 Å². The average Bonchev–Trinajstić information content (AvgIpc) is 3.90. The smallest absolute Gasteiger partial charge is 0.870 e. The van der Waals surface area contributed by atoms with Crippen LogP contribution in [-0.2, 0) is 9.59 Å². The number of aliphatic hydroxyl groups is 2. The minimum absolute atomic E-state index is 0. The fourth-order valence-electron chi connectivity index (χ4n) is 5.73. The molecule has 2 saturated carbocycles. The van der Waals surface area contributed by atoms with E-state index in [1.165, 1.54) is 12.1 Å². The van der Waals surface area contributed by atoms with E-state index in [0.29, 0.717) is 27.9 Å². The number of carbonyl (C=O) groups excluding carboxylic acids is 2. The number of nitriles is 3. The fourth-order valence-corrected chi connectivity index (χ4v) is 5.73. The molecule has 2 aliphatic carbocycles. The SMILES string of the molecule is C.C=Nc1ccc(C2=C(O)C(C)(C3CC3)NC2=O)c(C#N)c1.CC1(C2CC2)NC(=O)C(c2ccc(C#N)cc2C#N)=C1O.[Na+].[OH-]. The first-order valence-electron chi connectivity index (χ1n) is 13.5. The van der Waals surface area contributed by atoms with Crippen molar-refractivity contribution in [2.24, 2.45) is 16.8 Å². The summed E-state index contributed by atoms with van der Waals surface area (Å²) < 4.78 is 0. The Morgan fingerprint density at radius 1 is 0.800 bits per heavy atom. The molecule has 2 aromatic rings. The summed E-state index contributed by atoms with van der Waals surface area (Å²) in [5.41, 5.74) is 1.10. The van der Waals surface area contributed by atoms with Gasteiger partial charge in [-0.1, -0.05) is 19.6 Å². The van der Waals surface area contributed by atoms with Crippen molar-refractivity contribution in [1.29, 1.82) is 15.8 Å². The van der Waals surface area contributed by atoms with Gasteiger partial charge in [-0.15, -0.1) is 0 Å². The molecule has 11 nitrogen and oxygen atoms in total. The van der Waals surface area contributed by atoms with Crippen LogP contribution in [-0.4, -0.2) is 45.3 Å². The van der Waals surface area contributed by atoms with E-state index in [2.05, 4.69) is 22.3 Å². The predicted octanol–water partition coefficient (Wildman–Crippen LogP) is 1.92. The molecule has 2 aliphatic heterocycles. The monoisotopic (exact) mass is 616 g/mol. The van der Waals surface area contributed by atoms with Crippen molar-refractivity contribution in [3.63, 3.8) is 0 Å². The number of aliphatic imine (C=N–C) groups is 1. The zero-order valence-electron chi connectivity index (χ0n) is 24.6. The van der Waals surface area contributed by atoms with Crippen molar-refractivity contribution in [3.8, 4) is 18.2 Å². The molecule has 2 heterocycles. The van der Waals surface area contributed by atoms with Crippen LogP contribution in [0.15, 0.2) is 52.9 Å². The van der Waals surface area contributed by atoms with Gasteiger partial charge in [0.05, 0.1) is 62.8 Å². The van der Waals surface area contributed by atoms with Gasteiger partial charge in [-0.3, -0.25) is 14.6 Å². The number of hydrogen-bond acceptors (Lipinski definition) is 9. The zero-order chi connectivity index (χ0) is 30.4. The number of aliphatic hydroxyl groups excluding tert-OH is 2. The standard InChI is InChI=1S/C16H15N3O2.C16H13N3O2.CH4.Na.H2O/c1-16(10-3-4-10)14(20)13(15(21)19-16)12-6-5-11(18-2)7-9(12)8-17;1-16(11-3-4-11)14(20)13(15(21)19-16)12-5-2-9(7-17)6-10(12)8-18;;;/h5-7,10,20H,2-4H2,1H3,(H,19,21);2,5-6,11,20H,3-4H2,1H3,(H,19,21);1H4;;1H2/q;;;+1;/p-1. The van der Waals surface area contributed by atoms with Crippen LogP contribution < -0.4 is 40.2 Å². The zero-order valence-corrected chi connectivity index (χ0v) is 26.6. The molecule has 0 bridgehead atoms. The van der Waals surface area contributed by atoms with Crippen LogP contribution in [0.3, 0.4) is 0 Å². The average molecular weight is 617 g/mol. The van der Waals surface area contributed by atoms with E-state index in [9.17, 15) is 30.3 Å². The topological polar surface area (TPSA) is 212 Å². The summed E-state index contributed by atoms with van der Waals surface area (Å²) >= 11 is 0.